The maximum absolute atomic E-state index is 12.1. The van der Waals surface area contributed by atoms with Crippen molar-refractivity contribution in [1.29, 1.82) is 0 Å². The van der Waals surface area contributed by atoms with E-state index in [4.69, 9.17) is 10.5 Å². The molecule has 0 aromatic carbocycles. The predicted molar refractivity (Wildman–Crippen MR) is 71.4 cm³/mol. The molecule has 0 aliphatic carbocycles. The number of amides is 1. The number of hydrogen-bond acceptors (Lipinski definition) is 4. The zero-order chi connectivity index (χ0) is 14.2. The van der Waals surface area contributed by atoms with Crippen LogP contribution in [-0.2, 0) is 31.3 Å². The molecule has 2 N–H and O–H groups in total. The summed E-state index contributed by atoms with van der Waals surface area (Å²) in [4.78, 5) is 13.8. The van der Waals surface area contributed by atoms with E-state index in [1.165, 1.54) is 5.56 Å². The maximum Gasteiger partial charge on any atom is 0.410 e. The molecule has 6 nitrogen and oxygen atoms in total. The molecule has 0 bridgehead atoms. The average molecular weight is 266 g/mol. The van der Waals surface area contributed by atoms with E-state index < -0.39 is 5.60 Å². The molecule has 19 heavy (non-hydrogen) atoms. The van der Waals surface area contributed by atoms with E-state index in [-0.39, 0.29) is 6.09 Å². The van der Waals surface area contributed by atoms with Crippen molar-refractivity contribution in [3.63, 3.8) is 0 Å². The smallest absolute Gasteiger partial charge is 0.410 e. The fraction of sp³-hybridized carbons (Fsp3) is 0.692. The van der Waals surface area contributed by atoms with Crippen LogP contribution in [0.3, 0.4) is 0 Å². The van der Waals surface area contributed by atoms with Crippen molar-refractivity contribution in [3.05, 3.63) is 17.0 Å². The number of ether oxygens (including phenoxy) is 1. The molecular weight excluding hydrogens is 244 g/mol. The predicted octanol–water partition coefficient (Wildman–Crippen LogP) is 1.17. The van der Waals surface area contributed by atoms with Gasteiger partial charge in [-0.15, -0.1) is 0 Å². The van der Waals surface area contributed by atoms with Crippen LogP contribution >= 0.6 is 0 Å². The second-order valence-corrected chi connectivity index (χ2v) is 5.85. The zero-order valence-electron chi connectivity index (χ0n) is 12.1. The minimum absolute atomic E-state index is 0.270. The summed E-state index contributed by atoms with van der Waals surface area (Å²) in [6.45, 7) is 7.24. The van der Waals surface area contributed by atoms with Crippen molar-refractivity contribution in [3.8, 4) is 0 Å². The fourth-order valence-corrected chi connectivity index (χ4v) is 2.30. The van der Waals surface area contributed by atoms with Crippen LogP contribution in [0.15, 0.2) is 0 Å². The summed E-state index contributed by atoms with van der Waals surface area (Å²) in [7, 11) is 1.89. The van der Waals surface area contributed by atoms with Crippen molar-refractivity contribution >= 4 is 6.09 Å². The van der Waals surface area contributed by atoms with Crippen molar-refractivity contribution < 1.29 is 9.53 Å². The normalized spacial score (nSPS) is 15.3. The summed E-state index contributed by atoms with van der Waals surface area (Å²) < 4.78 is 7.21. The van der Waals surface area contributed by atoms with Gasteiger partial charge in [0.25, 0.3) is 0 Å². The van der Waals surface area contributed by atoms with Gasteiger partial charge in [-0.1, -0.05) is 0 Å². The van der Waals surface area contributed by atoms with Crippen LogP contribution in [0.4, 0.5) is 4.79 Å². The van der Waals surface area contributed by atoms with Crippen molar-refractivity contribution in [2.75, 3.05) is 6.54 Å². The number of carbonyl (C=O) groups is 1. The molecule has 0 saturated heterocycles. The molecule has 106 valence electrons. The van der Waals surface area contributed by atoms with Crippen LogP contribution < -0.4 is 5.73 Å². The highest BCUT2D eigenvalue weighted by Crippen LogP contribution is 2.23. The maximum atomic E-state index is 12.1. The van der Waals surface area contributed by atoms with E-state index >= 15 is 0 Å². The molecule has 0 spiro atoms. The summed E-state index contributed by atoms with van der Waals surface area (Å²) in [6, 6.07) is 0. The SMILES string of the molecule is Cn1nc(CN)c2c1CN(C(=O)OC(C)(C)C)CC2. The van der Waals surface area contributed by atoms with Crippen molar-refractivity contribution in [1.82, 2.24) is 14.7 Å². The molecule has 1 aromatic rings. The first-order chi connectivity index (χ1) is 8.81. The molecule has 6 heteroatoms. The minimum atomic E-state index is -0.466. The lowest BCUT2D eigenvalue weighted by molar-refractivity contribution is 0.0219. The Bertz CT molecular complexity index is 488. The van der Waals surface area contributed by atoms with Crippen LogP contribution in [-0.4, -0.2) is 32.9 Å². The standard InChI is InChI=1S/C13H22N4O2/c1-13(2,3)19-12(18)17-6-5-9-10(7-14)15-16(4)11(9)8-17/h5-8,14H2,1-4H3. The van der Waals surface area contributed by atoms with Gasteiger partial charge in [-0.3, -0.25) is 4.68 Å². The van der Waals surface area contributed by atoms with Gasteiger partial charge in [0.15, 0.2) is 0 Å². The summed E-state index contributed by atoms with van der Waals surface area (Å²) in [5, 5.41) is 4.39. The number of fused-ring (bicyclic) bond motifs is 1. The quantitative estimate of drug-likeness (QED) is 0.828. The van der Waals surface area contributed by atoms with Gasteiger partial charge in [0.05, 0.1) is 17.9 Å². The molecule has 1 aliphatic heterocycles. The largest absolute Gasteiger partial charge is 0.444 e. The van der Waals surface area contributed by atoms with Gasteiger partial charge < -0.3 is 15.4 Å². The van der Waals surface area contributed by atoms with Crippen molar-refractivity contribution in [2.45, 2.75) is 45.9 Å². The Labute approximate surface area is 113 Å². The highest BCUT2D eigenvalue weighted by molar-refractivity contribution is 5.68. The molecule has 1 aromatic heterocycles. The molecule has 0 atom stereocenters. The van der Waals surface area contributed by atoms with Crippen LogP contribution in [0.2, 0.25) is 0 Å². The monoisotopic (exact) mass is 266 g/mol. The van der Waals surface area contributed by atoms with Gasteiger partial charge in [0, 0.05) is 25.7 Å². The van der Waals surface area contributed by atoms with Gasteiger partial charge in [-0.2, -0.15) is 5.10 Å². The third kappa shape index (κ3) is 2.89. The molecule has 1 aliphatic rings. The average Bonchev–Trinajstić information content (AvgIpc) is 2.63. The lowest BCUT2D eigenvalue weighted by atomic mass is 10.0. The Morgan fingerprint density at radius 1 is 1.47 bits per heavy atom. The lowest BCUT2D eigenvalue weighted by Gasteiger charge is -2.30. The van der Waals surface area contributed by atoms with Crippen LogP contribution in [0.5, 0.6) is 0 Å². The Morgan fingerprint density at radius 3 is 2.74 bits per heavy atom. The number of nitrogens with two attached hydrogens (primary N) is 1. The number of hydrogen-bond donors (Lipinski definition) is 1. The van der Waals surface area contributed by atoms with E-state index in [0.29, 0.717) is 19.6 Å². The third-order valence-electron chi connectivity index (χ3n) is 3.18. The summed E-state index contributed by atoms with van der Waals surface area (Å²) in [6.07, 6.45) is 0.517. The number of aryl methyl sites for hydroxylation is 1. The fourth-order valence-electron chi connectivity index (χ4n) is 2.30. The molecule has 0 fully saturated rings. The first-order valence-corrected chi connectivity index (χ1v) is 6.53. The number of nitrogens with zero attached hydrogens (tertiary/aromatic N) is 3. The molecular formula is C13H22N4O2. The first-order valence-electron chi connectivity index (χ1n) is 6.53. The third-order valence-corrected chi connectivity index (χ3v) is 3.18. The van der Waals surface area contributed by atoms with E-state index in [0.717, 1.165) is 17.8 Å². The molecule has 0 saturated carbocycles. The topological polar surface area (TPSA) is 73.4 Å². The summed E-state index contributed by atoms with van der Waals surface area (Å²) in [5.74, 6) is 0. The van der Waals surface area contributed by atoms with E-state index in [9.17, 15) is 4.79 Å². The van der Waals surface area contributed by atoms with Gasteiger partial charge in [0.2, 0.25) is 0 Å². The van der Waals surface area contributed by atoms with Gasteiger partial charge >= 0.3 is 6.09 Å². The first kappa shape index (κ1) is 13.9. The van der Waals surface area contributed by atoms with Crippen molar-refractivity contribution in [2.24, 2.45) is 12.8 Å². The zero-order valence-corrected chi connectivity index (χ0v) is 12.1. The van der Waals surface area contributed by atoms with Gasteiger partial charge in [-0.25, -0.2) is 4.79 Å². The Hall–Kier alpha value is -1.56. The van der Waals surface area contributed by atoms with Gasteiger partial charge in [-0.05, 0) is 27.2 Å². The number of carbonyl (C=O) groups excluding carboxylic acids is 1. The highest BCUT2D eigenvalue weighted by Gasteiger charge is 2.28. The van der Waals surface area contributed by atoms with E-state index in [2.05, 4.69) is 5.10 Å². The molecule has 1 amide bonds. The van der Waals surface area contributed by atoms with Crippen LogP contribution in [0.25, 0.3) is 0 Å². The minimum Gasteiger partial charge on any atom is -0.444 e. The second-order valence-electron chi connectivity index (χ2n) is 5.85. The molecule has 2 heterocycles. The molecule has 0 unspecified atom stereocenters. The van der Waals surface area contributed by atoms with E-state index in [1.807, 2.05) is 32.5 Å². The van der Waals surface area contributed by atoms with Crippen LogP contribution in [0.1, 0.15) is 37.7 Å². The summed E-state index contributed by atoms with van der Waals surface area (Å²) >= 11 is 0. The lowest BCUT2D eigenvalue weighted by Crippen LogP contribution is -2.40. The number of rotatable bonds is 1. The number of aromatic nitrogens is 2. The highest BCUT2D eigenvalue weighted by atomic mass is 16.6. The Kier molecular flexibility index (Phi) is 3.54. The Balaban J connectivity index is 2.14. The summed E-state index contributed by atoms with van der Waals surface area (Å²) in [5.41, 5.74) is 8.39. The molecule has 0 radical (unpaired) electrons. The van der Waals surface area contributed by atoms with Crippen LogP contribution in [0, 0.1) is 0 Å². The van der Waals surface area contributed by atoms with E-state index in [1.54, 1.807) is 4.90 Å². The second kappa shape index (κ2) is 4.85. The molecule has 2 rings (SSSR count). The van der Waals surface area contributed by atoms with Gasteiger partial charge in [0.1, 0.15) is 5.60 Å². The Morgan fingerprint density at radius 2 is 2.16 bits per heavy atom.